The summed E-state index contributed by atoms with van der Waals surface area (Å²) < 4.78 is 35.5. The number of carbonyl (C=O) groups is 4. The Morgan fingerprint density at radius 2 is 1.22 bits per heavy atom. The van der Waals surface area contributed by atoms with E-state index in [4.69, 9.17) is 28.4 Å². The molecule has 0 N–H and O–H groups in total. The highest BCUT2D eigenvalue weighted by Crippen LogP contribution is 2.45. The third kappa shape index (κ3) is 14.8. The van der Waals surface area contributed by atoms with Gasteiger partial charge in [-0.05, 0) is 124 Å². The van der Waals surface area contributed by atoms with Gasteiger partial charge in [0.15, 0.2) is 6.61 Å². The predicted octanol–water partition coefficient (Wildman–Crippen LogP) is 11.5. The second kappa shape index (κ2) is 23.9. The van der Waals surface area contributed by atoms with Crippen LogP contribution in [0.4, 0.5) is 4.79 Å². The van der Waals surface area contributed by atoms with Crippen molar-refractivity contribution in [3.63, 3.8) is 0 Å². The Morgan fingerprint density at radius 1 is 0.692 bits per heavy atom. The third-order valence-electron chi connectivity index (χ3n) is 12.4. The van der Waals surface area contributed by atoms with Gasteiger partial charge in [-0.1, -0.05) is 72.6 Å². The molecule has 13 heteroatoms. The first kappa shape index (κ1) is 50.2. The Hall–Kier alpha value is -5.85. The summed E-state index contributed by atoms with van der Waals surface area (Å²) in [5.74, 6) is -1.54. The number of pyridine rings is 3. The van der Waals surface area contributed by atoms with E-state index in [2.05, 4.69) is 49.6 Å². The average molecular weight is 894 g/mol. The lowest BCUT2D eigenvalue weighted by molar-refractivity contribution is -0.199. The van der Waals surface area contributed by atoms with Gasteiger partial charge in [0, 0.05) is 42.7 Å². The van der Waals surface area contributed by atoms with Crippen LogP contribution in [-0.2, 0) is 25.4 Å². The maximum Gasteiger partial charge on any atom is 0.513 e. The Kier molecular flexibility index (Phi) is 18.4. The van der Waals surface area contributed by atoms with Crippen LogP contribution < -0.4 is 9.47 Å². The molecule has 1 aliphatic rings. The van der Waals surface area contributed by atoms with Crippen LogP contribution in [-0.4, -0.2) is 63.6 Å². The highest BCUT2D eigenvalue weighted by Gasteiger charge is 2.42. The molecule has 0 radical (unpaired) electrons. The number of benzene rings is 1. The van der Waals surface area contributed by atoms with Crippen molar-refractivity contribution in [1.82, 2.24) is 15.0 Å². The number of rotatable bonds is 23. The standard InChI is InChI=1S/C52H67N3O10/c1-35(2)15-9-16-36(3)17-10-18-37(4)19-11-24-51(8)25-23-44-40(7)45(38(5)39(6)46(44)63-51)62-50(59)60-30-26-52(64-48(57)42-21-13-28-54-32-42,65-49(58)43-22-14-29-55-33-43)34-61-47(56)41-20-12-27-53-31-41/h12-14,20-22,27-29,31-33,35-37H,9-11,15-19,23-26,30,34H2,1-8H3. The van der Waals surface area contributed by atoms with E-state index >= 15 is 0 Å². The molecule has 1 aliphatic heterocycles. The summed E-state index contributed by atoms with van der Waals surface area (Å²) in [7, 11) is 0. The molecular formula is C52H67N3O10. The van der Waals surface area contributed by atoms with Gasteiger partial charge in [0.1, 0.15) is 23.7 Å². The molecule has 3 aromatic heterocycles. The first-order valence-electron chi connectivity index (χ1n) is 23.1. The fourth-order valence-corrected chi connectivity index (χ4v) is 8.23. The van der Waals surface area contributed by atoms with Crippen LogP contribution in [0.3, 0.4) is 0 Å². The van der Waals surface area contributed by atoms with Gasteiger partial charge in [-0.25, -0.2) is 19.2 Å². The van der Waals surface area contributed by atoms with Gasteiger partial charge >= 0.3 is 24.1 Å². The summed E-state index contributed by atoms with van der Waals surface area (Å²) in [5.41, 5.74) is 3.24. The fraction of sp³-hybridized carbons (Fsp3) is 0.519. The molecule has 0 bridgehead atoms. The molecule has 350 valence electrons. The van der Waals surface area contributed by atoms with Crippen molar-refractivity contribution in [2.45, 2.75) is 144 Å². The lowest BCUT2D eigenvalue weighted by atomic mass is 9.83. The molecule has 0 amide bonds. The van der Waals surface area contributed by atoms with Crippen LogP contribution in [0, 0.1) is 38.5 Å². The van der Waals surface area contributed by atoms with Gasteiger partial charge in [0.05, 0.1) is 23.1 Å². The summed E-state index contributed by atoms with van der Waals surface area (Å²) in [5, 5.41) is 0. The molecule has 65 heavy (non-hydrogen) atoms. The zero-order chi connectivity index (χ0) is 47.0. The van der Waals surface area contributed by atoms with Crippen LogP contribution in [0.2, 0.25) is 0 Å². The monoisotopic (exact) mass is 893 g/mol. The van der Waals surface area contributed by atoms with E-state index in [0.717, 1.165) is 65.5 Å². The number of hydrogen-bond acceptors (Lipinski definition) is 13. The number of nitrogens with zero attached hydrogens (tertiary/aromatic N) is 3. The Balaban J connectivity index is 1.23. The van der Waals surface area contributed by atoms with Crippen LogP contribution in [0.1, 0.15) is 159 Å². The molecule has 0 fully saturated rings. The van der Waals surface area contributed by atoms with Gasteiger partial charge in [-0.15, -0.1) is 0 Å². The molecular weight excluding hydrogens is 827 g/mol. The molecule has 0 saturated carbocycles. The fourth-order valence-electron chi connectivity index (χ4n) is 8.23. The SMILES string of the molecule is Cc1c(C)c2c(c(C)c1OC(=O)OCCC(COC(=O)c1cccnc1)(OC(=O)c1cccnc1)OC(=O)c1cccnc1)CCC(C)(CCCC(C)CCCC(C)CCCC(C)C)O2. The summed E-state index contributed by atoms with van der Waals surface area (Å²) in [4.78, 5) is 65.5. The highest BCUT2D eigenvalue weighted by molar-refractivity contribution is 5.91. The molecule has 4 aromatic rings. The minimum Gasteiger partial charge on any atom is -0.487 e. The normalized spacial score (nSPS) is 15.5. The molecule has 3 unspecified atom stereocenters. The van der Waals surface area contributed by atoms with E-state index in [1.54, 1.807) is 6.07 Å². The zero-order valence-corrected chi connectivity index (χ0v) is 39.5. The highest BCUT2D eigenvalue weighted by atomic mass is 16.8. The molecule has 13 nitrogen and oxygen atoms in total. The third-order valence-corrected chi connectivity index (χ3v) is 12.4. The molecule has 1 aromatic carbocycles. The van der Waals surface area contributed by atoms with E-state index in [9.17, 15) is 19.2 Å². The van der Waals surface area contributed by atoms with Crippen molar-refractivity contribution in [3.05, 3.63) is 113 Å². The smallest absolute Gasteiger partial charge is 0.487 e. The van der Waals surface area contributed by atoms with Crippen molar-refractivity contribution < 1.29 is 47.6 Å². The lowest BCUT2D eigenvalue weighted by Gasteiger charge is -2.38. The number of esters is 3. The van der Waals surface area contributed by atoms with Gasteiger partial charge in [-0.2, -0.15) is 0 Å². The van der Waals surface area contributed by atoms with Gasteiger partial charge in [-0.3, -0.25) is 15.0 Å². The molecule has 0 spiro atoms. The number of carbonyl (C=O) groups excluding carboxylic acids is 4. The Morgan fingerprint density at radius 3 is 1.74 bits per heavy atom. The van der Waals surface area contributed by atoms with Crippen molar-refractivity contribution >= 4 is 24.1 Å². The predicted molar refractivity (Wildman–Crippen MR) is 246 cm³/mol. The number of hydrogen-bond donors (Lipinski definition) is 0. The average Bonchev–Trinajstić information content (AvgIpc) is 3.29. The topological polar surface area (TPSA) is 162 Å². The van der Waals surface area contributed by atoms with Crippen LogP contribution in [0.15, 0.2) is 73.6 Å². The van der Waals surface area contributed by atoms with E-state index in [-0.39, 0.29) is 22.3 Å². The van der Waals surface area contributed by atoms with E-state index in [0.29, 0.717) is 11.7 Å². The number of fused-ring (bicyclic) bond motifs is 1. The summed E-state index contributed by atoms with van der Waals surface area (Å²) in [6.07, 6.45) is 19.5. The number of aromatic nitrogens is 3. The van der Waals surface area contributed by atoms with Gasteiger partial charge < -0.3 is 28.4 Å². The summed E-state index contributed by atoms with van der Waals surface area (Å²) in [6.45, 7) is 16.1. The van der Waals surface area contributed by atoms with Gasteiger partial charge in [0.2, 0.25) is 0 Å². The maximum absolute atomic E-state index is 13.5. The van der Waals surface area contributed by atoms with Crippen molar-refractivity contribution in [2.24, 2.45) is 17.8 Å². The molecule has 0 saturated heterocycles. The minimum atomic E-state index is -2.29. The van der Waals surface area contributed by atoms with Gasteiger partial charge in [0.25, 0.3) is 5.79 Å². The van der Waals surface area contributed by atoms with Crippen LogP contribution in [0.5, 0.6) is 11.5 Å². The Labute approximate surface area is 384 Å². The largest absolute Gasteiger partial charge is 0.513 e. The van der Waals surface area contributed by atoms with Crippen LogP contribution in [0.25, 0.3) is 0 Å². The van der Waals surface area contributed by atoms with Crippen LogP contribution >= 0.6 is 0 Å². The second-order valence-electron chi connectivity index (χ2n) is 18.4. The Bertz CT molecular complexity index is 2130. The molecule has 0 aliphatic carbocycles. The zero-order valence-electron chi connectivity index (χ0n) is 39.5. The second-order valence-corrected chi connectivity index (χ2v) is 18.4. The molecule has 5 rings (SSSR count). The molecule has 3 atom stereocenters. The van der Waals surface area contributed by atoms with Crippen molar-refractivity contribution in [3.8, 4) is 11.5 Å². The number of ether oxygens (including phenoxy) is 6. The quantitative estimate of drug-likeness (QED) is 0.0299. The first-order chi connectivity index (χ1) is 31.1. The van der Waals surface area contributed by atoms with E-state index in [1.807, 2.05) is 20.8 Å². The minimum absolute atomic E-state index is 0.0272. The van der Waals surface area contributed by atoms with Crippen molar-refractivity contribution in [2.75, 3.05) is 13.2 Å². The molecule has 4 heterocycles. The van der Waals surface area contributed by atoms with E-state index < -0.39 is 49.5 Å². The maximum atomic E-state index is 13.5. The van der Waals surface area contributed by atoms with E-state index in [1.165, 1.54) is 112 Å². The lowest BCUT2D eigenvalue weighted by Crippen LogP contribution is -2.46. The summed E-state index contributed by atoms with van der Waals surface area (Å²) >= 11 is 0. The summed E-state index contributed by atoms with van der Waals surface area (Å²) in [6, 6.07) is 8.99. The van der Waals surface area contributed by atoms with Crippen molar-refractivity contribution in [1.29, 1.82) is 0 Å². The first-order valence-corrected chi connectivity index (χ1v) is 23.1.